The van der Waals surface area contributed by atoms with Crippen molar-refractivity contribution in [3.63, 3.8) is 0 Å². The summed E-state index contributed by atoms with van der Waals surface area (Å²) >= 11 is 1.29. The quantitative estimate of drug-likeness (QED) is 0.789. The summed E-state index contributed by atoms with van der Waals surface area (Å²) in [5.41, 5.74) is 1.10. The Kier molecular flexibility index (Phi) is 5.04. The Morgan fingerprint density at radius 3 is 2.50 bits per heavy atom. The van der Waals surface area contributed by atoms with Crippen molar-refractivity contribution in [2.75, 3.05) is 6.54 Å². The normalized spacial score (nSPS) is 13.4. The lowest BCUT2D eigenvalue weighted by Crippen LogP contribution is -2.28. The van der Waals surface area contributed by atoms with Crippen LogP contribution in [0.1, 0.15) is 45.3 Å². The maximum Gasteiger partial charge on any atom is 0.0915 e. The average Bonchev–Trinajstić information content (AvgIpc) is 2.71. The third kappa shape index (κ3) is 2.75. The first-order valence-corrected chi connectivity index (χ1v) is 6.07. The van der Waals surface area contributed by atoms with E-state index in [1.807, 2.05) is 6.20 Å². The highest BCUT2D eigenvalue weighted by Gasteiger charge is 2.21. The summed E-state index contributed by atoms with van der Waals surface area (Å²) < 4.78 is 8.39. The molecule has 1 rings (SSSR count). The van der Waals surface area contributed by atoms with Crippen LogP contribution in [0, 0.1) is 5.92 Å². The Morgan fingerprint density at radius 2 is 2.07 bits per heavy atom. The molecule has 1 unspecified atom stereocenters. The van der Waals surface area contributed by atoms with Crippen LogP contribution in [0.25, 0.3) is 0 Å². The molecule has 80 valence electrons. The van der Waals surface area contributed by atoms with Gasteiger partial charge in [0.15, 0.2) is 0 Å². The highest BCUT2D eigenvalue weighted by Crippen LogP contribution is 2.25. The van der Waals surface area contributed by atoms with Gasteiger partial charge >= 0.3 is 0 Å². The smallest absolute Gasteiger partial charge is 0.0915 e. The largest absolute Gasteiger partial charge is 0.309 e. The van der Waals surface area contributed by atoms with Gasteiger partial charge in [0, 0.05) is 0 Å². The second kappa shape index (κ2) is 6.09. The topological polar surface area (TPSA) is 37.8 Å². The van der Waals surface area contributed by atoms with Gasteiger partial charge in [0.05, 0.1) is 29.7 Å². The summed E-state index contributed by atoms with van der Waals surface area (Å²) in [6, 6.07) is 0.383. The van der Waals surface area contributed by atoms with E-state index in [2.05, 4.69) is 34.8 Å². The number of rotatable bonds is 6. The van der Waals surface area contributed by atoms with Gasteiger partial charge in [0.1, 0.15) is 0 Å². The average molecular weight is 213 g/mol. The number of nitrogens with zero attached hydrogens (tertiary/aromatic N) is 2. The molecule has 0 saturated heterocycles. The van der Waals surface area contributed by atoms with E-state index < -0.39 is 0 Å². The molecule has 0 bridgehead atoms. The van der Waals surface area contributed by atoms with Crippen LogP contribution < -0.4 is 5.32 Å². The molecule has 0 aliphatic heterocycles. The van der Waals surface area contributed by atoms with Crippen molar-refractivity contribution in [2.45, 2.75) is 39.7 Å². The van der Waals surface area contributed by atoms with Crippen molar-refractivity contribution >= 4 is 11.7 Å². The first kappa shape index (κ1) is 11.6. The van der Waals surface area contributed by atoms with Crippen LogP contribution in [-0.4, -0.2) is 15.3 Å². The number of hydrogen-bond donors (Lipinski definition) is 1. The monoisotopic (exact) mass is 213 g/mol. The van der Waals surface area contributed by atoms with Crippen molar-refractivity contribution in [3.8, 4) is 0 Å². The molecule has 0 radical (unpaired) electrons. The molecule has 0 spiro atoms. The first-order chi connectivity index (χ1) is 6.83. The minimum absolute atomic E-state index is 0.383. The predicted octanol–water partition coefficient (Wildman–Crippen LogP) is 2.62. The lowest BCUT2D eigenvalue weighted by Gasteiger charge is -2.23. The van der Waals surface area contributed by atoms with Crippen LogP contribution in [-0.2, 0) is 0 Å². The van der Waals surface area contributed by atoms with E-state index in [-0.39, 0.29) is 0 Å². The molecular formula is C10H19N3S. The van der Waals surface area contributed by atoms with Crippen molar-refractivity contribution in [2.24, 2.45) is 5.92 Å². The van der Waals surface area contributed by atoms with Gasteiger partial charge in [-0.05, 0) is 12.5 Å². The molecule has 0 aliphatic rings. The van der Waals surface area contributed by atoms with E-state index in [1.54, 1.807) is 0 Å². The Balaban J connectivity index is 2.72. The minimum Gasteiger partial charge on any atom is -0.309 e. The van der Waals surface area contributed by atoms with E-state index in [0.29, 0.717) is 12.0 Å². The van der Waals surface area contributed by atoms with Crippen LogP contribution >= 0.6 is 11.7 Å². The van der Waals surface area contributed by atoms with Gasteiger partial charge in [-0.15, -0.1) is 0 Å². The summed E-state index contributed by atoms with van der Waals surface area (Å²) in [6.07, 6.45) is 4.26. The standard InChI is InChI=1S/C10H19N3S/c1-4-8(5-2)10(11-6-3)9-7-12-14-13-9/h7-8,10-11H,4-6H2,1-3H3. The van der Waals surface area contributed by atoms with Crippen LogP contribution in [0.15, 0.2) is 6.20 Å². The van der Waals surface area contributed by atoms with Crippen molar-refractivity contribution < 1.29 is 0 Å². The summed E-state index contributed by atoms with van der Waals surface area (Å²) in [5, 5.41) is 3.49. The molecule has 3 nitrogen and oxygen atoms in total. The lowest BCUT2D eigenvalue weighted by molar-refractivity contribution is 0.342. The molecule has 14 heavy (non-hydrogen) atoms. The molecule has 0 saturated carbocycles. The van der Waals surface area contributed by atoms with Gasteiger partial charge < -0.3 is 5.32 Å². The van der Waals surface area contributed by atoms with E-state index in [9.17, 15) is 0 Å². The minimum atomic E-state index is 0.383. The molecule has 1 aromatic rings. The maximum absolute atomic E-state index is 4.32. The Labute approximate surface area is 90.3 Å². The first-order valence-electron chi connectivity index (χ1n) is 5.34. The zero-order valence-electron chi connectivity index (χ0n) is 9.16. The second-order valence-corrected chi connectivity index (χ2v) is 4.00. The maximum atomic E-state index is 4.32. The summed E-state index contributed by atoms with van der Waals surface area (Å²) in [4.78, 5) is 0. The molecule has 1 atom stereocenters. The third-order valence-corrected chi connectivity index (χ3v) is 3.13. The molecule has 1 aromatic heterocycles. The van der Waals surface area contributed by atoms with Gasteiger partial charge in [0.2, 0.25) is 0 Å². The molecule has 0 aromatic carbocycles. The van der Waals surface area contributed by atoms with Crippen LogP contribution in [0.5, 0.6) is 0 Å². The molecule has 0 amide bonds. The Hall–Kier alpha value is -0.480. The summed E-state index contributed by atoms with van der Waals surface area (Å²) in [6.45, 7) is 7.59. The molecule has 1 heterocycles. The van der Waals surface area contributed by atoms with Crippen molar-refractivity contribution in [1.82, 2.24) is 14.1 Å². The Morgan fingerprint density at radius 1 is 1.36 bits per heavy atom. The summed E-state index contributed by atoms with van der Waals surface area (Å²) in [7, 11) is 0. The zero-order chi connectivity index (χ0) is 10.4. The predicted molar refractivity (Wildman–Crippen MR) is 60.4 cm³/mol. The molecule has 0 aliphatic carbocycles. The second-order valence-electron chi connectivity index (χ2n) is 3.44. The summed E-state index contributed by atoms with van der Waals surface area (Å²) in [5.74, 6) is 0.666. The van der Waals surface area contributed by atoms with Gasteiger partial charge in [0.25, 0.3) is 0 Å². The molecular weight excluding hydrogens is 194 g/mol. The highest BCUT2D eigenvalue weighted by atomic mass is 32.1. The lowest BCUT2D eigenvalue weighted by atomic mass is 9.92. The van der Waals surface area contributed by atoms with Crippen LogP contribution in [0.2, 0.25) is 0 Å². The van der Waals surface area contributed by atoms with Gasteiger partial charge in [-0.2, -0.15) is 8.75 Å². The fraction of sp³-hybridized carbons (Fsp3) is 0.800. The van der Waals surface area contributed by atoms with E-state index in [0.717, 1.165) is 12.2 Å². The van der Waals surface area contributed by atoms with E-state index >= 15 is 0 Å². The van der Waals surface area contributed by atoms with Crippen LogP contribution in [0.3, 0.4) is 0 Å². The highest BCUT2D eigenvalue weighted by molar-refractivity contribution is 6.99. The van der Waals surface area contributed by atoms with E-state index in [4.69, 9.17) is 0 Å². The zero-order valence-corrected chi connectivity index (χ0v) is 9.97. The molecule has 4 heteroatoms. The van der Waals surface area contributed by atoms with Crippen LogP contribution in [0.4, 0.5) is 0 Å². The fourth-order valence-electron chi connectivity index (χ4n) is 1.80. The SMILES string of the molecule is CCNC(c1cnsn1)C(CC)CC. The van der Waals surface area contributed by atoms with Gasteiger partial charge in [-0.25, -0.2) is 0 Å². The van der Waals surface area contributed by atoms with Gasteiger partial charge in [-0.1, -0.05) is 33.6 Å². The number of nitrogens with one attached hydrogen (secondary N) is 1. The fourth-order valence-corrected chi connectivity index (χ4v) is 2.26. The van der Waals surface area contributed by atoms with Crippen molar-refractivity contribution in [1.29, 1.82) is 0 Å². The van der Waals surface area contributed by atoms with Crippen molar-refractivity contribution in [3.05, 3.63) is 11.9 Å². The number of hydrogen-bond acceptors (Lipinski definition) is 4. The molecule has 0 fully saturated rings. The van der Waals surface area contributed by atoms with E-state index in [1.165, 1.54) is 24.6 Å². The number of aromatic nitrogens is 2. The van der Waals surface area contributed by atoms with Gasteiger partial charge in [-0.3, -0.25) is 0 Å². The third-order valence-electron chi connectivity index (χ3n) is 2.64. The Bertz CT molecular complexity index is 232. The molecule has 1 N–H and O–H groups in total.